The number of aromatic amines is 1. The van der Waals surface area contributed by atoms with Crippen LogP contribution >= 0.6 is 0 Å². The van der Waals surface area contributed by atoms with Gasteiger partial charge < -0.3 is 9.72 Å². The molecule has 3 nitrogen and oxygen atoms in total. The van der Waals surface area contributed by atoms with Gasteiger partial charge in [-0.05, 0) is 6.07 Å². The van der Waals surface area contributed by atoms with Crippen LogP contribution in [0.5, 0.6) is 5.75 Å². The molecule has 1 aromatic carbocycles. The Labute approximate surface area is 107 Å². The molecule has 3 rings (SSSR count). The van der Waals surface area contributed by atoms with Gasteiger partial charge in [-0.15, -0.1) is 0 Å². The van der Waals surface area contributed by atoms with Crippen molar-refractivity contribution in [1.82, 2.24) is 9.97 Å². The summed E-state index contributed by atoms with van der Waals surface area (Å²) >= 11 is 0. The fourth-order valence-corrected chi connectivity index (χ4v) is 1.96. The number of fused-ring (bicyclic) bond motifs is 1. The highest BCUT2D eigenvalue weighted by molar-refractivity contribution is 5.85. The van der Waals surface area contributed by atoms with E-state index in [1.807, 2.05) is 30.3 Å². The third-order valence-electron chi connectivity index (χ3n) is 2.78. The minimum Gasteiger partial charge on any atom is -0.434 e. The fraction of sp³-hybridized carbons (Fsp3) is 0.0714. The lowest BCUT2D eigenvalue weighted by Crippen LogP contribution is -2.03. The zero-order valence-electron chi connectivity index (χ0n) is 9.81. The van der Waals surface area contributed by atoms with Crippen molar-refractivity contribution in [1.29, 1.82) is 0 Å². The van der Waals surface area contributed by atoms with Crippen LogP contribution in [0.1, 0.15) is 0 Å². The van der Waals surface area contributed by atoms with Gasteiger partial charge in [0.15, 0.2) is 0 Å². The Kier molecular flexibility index (Phi) is 2.87. The summed E-state index contributed by atoms with van der Waals surface area (Å²) in [6.45, 7) is -2.86. The zero-order chi connectivity index (χ0) is 13.2. The second-order valence-electron chi connectivity index (χ2n) is 3.99. The van der Waals surface area contributed by atoms with Crippen LogP contribution in [0.2, 0.25) is 0 Å². The molecule has 0 aliphatic heterocycles. The summed E-state index contributed by atoms with van der Waals surface area (Å²) in [4.78, 5) is 7.30. The number of nitrogens with one attached hydrogen (secondary N) is 1. The molecule has 0 atom stereocenters. The normalized spacial score (nSPS) is 11.1. The van der Waals surface area contributed by atoms with Crippen molar-refractivity contribution in [3.05, 3.63) is 48.7 Å². The number of H-pyrrole nitrogens is 1. The Hall–Kier alpha value is -2.43. The number of hydrogen-bond donors (Lipinski definition) is 1. The van der Waals surface area contributed by atoms with Crippen LogP contribution in [-0.2, 0) is 0 Å². The van der Waals surface area contributed by atoms with Crippen LogP contribution in [-0.4, -0.2) is 16.6 Å². The summed E-state index contributed by atoms with van der Waals surface area (Å²) < 4.78 is 29.4. The molecule has 0 saturated heterocycles. The van der Waals surface area contributed by atoms with Gasteiger partial charge in [0.25, 0.3) is 0 Å². The van der Waals surface area contributed by atoms with Crippen molar-refractivity contribution in [2.75, 3.05) is 0 Å². The van der Waals surface area contributed by atoms with E-state index >= 15 is 0 Å². The average Bonchev–Trinajstić information content (AvgIpc) is 2.87. The number of hydrogen-bond acceptors (Lipinski definition) is 2. The van der Waals surface area contributed by atoms with Crippen LogP contribution in [0.4, 0.5) is 8.78 Å². The van der Waals surface area contributed by atoms with Crippen molar-refractivity contribution >= 4 is 11.0 Å². The van der Waals surface area contributed by atoms with Crippen LogP contribution < -0.4 is 4.74 Å². The minimum absolute atomic E-state index is 0.125. The summed E-state index contributed by atoms with van der Waals surface area (Å²) in [5.74, 6) is 0.125. The van der Waals surface area contributed by atoms with E-state index in [-0.39, 0.29) is 5.75 Å². The molecule has 96 valence electrons. The summed E-state index contributed by atoms with van der Waals surface area (Å²) in [7, 11) is 0. The van der Waals surface area contributed by atoms with Crippen molar-refractivity contribution < 1.29 is 13.5 Å². The van der Waals surface area contributed by atoms with Gasteiger partial charge in [0.05, 0.1) is 11.1 Å². The standard InChI is InChI=1S/C14H10F2N2O/c15-14(16)19-12-8-11(9-4-2-1-3-5-9)18-13-10(12)6-7-17-13/h1-8,14H,(H,17,18). The van der Waals surface area contributed by atoms with Crippen LogP contribution in [0, 0.1) is 0 Å². The fourth-order valence-electron chi connectivity index (χ4n) is 1.96. The van der Waals surface area contributed by atoms with E-state index in [1.54, 1.807) is 12.3 Å². The van der Waals surface area contributed by atoms with E-state index < -0.39 is 6.61 Å². The van der Waals surface area contributed by atoms with E-state index in [0.717, 1.165) is 5.56 Å². The molecule has 2 aromatic heterocycles. The lowest BCUT2D eigenvalue weighted by molar-refractivity contribution is -0.0487. The number of nitrogens with zero attached hydrogens (tertiary/aromatic N) is 1. The number of aromatic nitrogens is 2. The van der Waals surface area contributed by atoms with Crippen LogP contribution in [0.25, 0.3) is 22.3 Å². The van der Waals surface area contributed by atoms with Crippen LogP contribution in [0.15, 0.2) is 48.7 Å². The van der Waals surface area contributed by atoms with Crippen molar-refractivity contribution in [3.63, 3.8) is 0 Å². The van der Waals surface area contributed by atoms with Crippen LogP contribution in [0.3, 0.4) is 0 Å². The quantitative estimate of drug-likeness (QED) is 0.777. The molecule has 0 radical (unpaired) electrons. The van der Waals surface area contributed by atoms with Gasteiger partial charge in [-0.25, -0.2) is 4.98 Å². The van der Waals surface area contributed by atoms with E-state index in [4.69, 9.17) is 0 Å². The highest BCUT2D eigenvalue weighted by atomic mass is 19.3. The Morgan fingerprint density at radius 2 is 1.89 bits per heavy atom. The third kappa shape index (κ3) is 2.27. The van der Waals surface area contributed by atoms with Gasteiger partial charge in [-0.1, -0.05) is 30.3 Å². The number of rotatable bonds is 3. The second kappa shape index (κ2) is 4.68. The first kappa shape index (κ1) is 11.6. The molecular formula is C14H10F2N2O. The van der Waals surface area contributed by atoms with Gasteiger partial charge in [-0.2, -0.15) is 8.78 Å². The number of halogens is 2. The topological polar surface area (TPSA) is 37.9 Å². The summed E-state index contributed by atoms with van der Waals surface area (Å²) in [5, 5.41) is 0.542. The Bertz CT molecular complexity index is 695. The maximum atomic E-state index is 12.4. The Morgan fingerprint density at radius 3 is 2.63 bits per heavy atom. The molecular weight excluding hydrogens is 250 g/mol. The molecule has 3 aromatic rings. The molecule has 0 aliphatic carbocycles. The van der Waals surface area contributed by atoms with Gasteiger partial charge >= 0.3 is 6.61 Å². The first-order chi connectivity index (χ1) is 9.24. The van der Waals surface area contributed by atoms with Crippen molar-refractivity contribution in [2.24, 2.45) is 0 Å². The Balaban J connectivity index is 2.16. The molecule has 1 N–H and O–H groups in total. The zero-order valence-corrected chi connectivity index (χ0v) is 9.81. The first-order valence-electron chi connectivity index (χ1n) is 5.72. The molecule has 2 heterocycles. The molecule has 0 spiro atoms. The molecule has 0 bridgehead atoms. The number of ether oxygens (including phenoxy) is 1. The molecule has 0 amide bonds. The summed E-state index contributed by atoms with van der Waals surface area (Å²) in [6, 6.07) is 12.5. The van der Waals surface area contributed by atoms with E-state index in [1.165, 1.54) is 6.07 Å². The predicted molar refractivity (Wildman–Crippen MR) is 68.2 cm³/mol. The smallest absolute Gasteiger partial charge is 0.387 e. The molecule has 19 heavy (non-hydrogen) atoms. The Morgan fingerprint density at radius 1 is 1.11 bits per heavy atom. The van der Waals surface area contributed by atoms with Crippen molar-refractivity contribution in [2.45, 2.75) is 6.61 Å². The second-order valence-corrected chi connectivity index (χ2v) is 3.99. The summed E-state index contributed by atoms with van der Waals surface area (Å²) in [6.07, 6.45) is 1.64. The number of pyridine rings is 1. The molecule has 0 unspecified atom stereocenters. The van der Waals surface area contributed by atoms with Gasteiger partial charge in [0.1, 0.15) is 11.4 Å². The summed E-state index contributed by atoms with van der Waals surface area (Å²) in [5.41, 5.74) is 1.96. The van der Waals surface area contributed by atoms with E-state index in [2.05, 4.69) is 14.7 Å². The number of alkyl halides is 2. The van der Waals surface area contributed by atoms with E-state index in [9.17, 15) is 8.78 Å². The maximum absolute atomic E-state index is 12.4. The van der Waals surface area contributed by atoms with E-state index in [0.29, 0.717) is 16.7 Å². The minimum atomic E-state index is -2.86. The van der Waals surface area contributed by atoms with Gasteiger partial charge in [-0.3, -0.25) is 0 Å². The molecule has 0 saturated carbocycles. The van der Waals surface area contributed by atoms with Crippen molar-refractivity contribution in [3.8, 4) is 17.0 Å². The van der Waals surface area contributed by atoms with Gasteiger partial charge in [0.2, 0.25) is 0 Å². The van der Waals surface area contributed by atoms with Gasteiger partial charge in [0, 0.05) is 17.8 Å². The average molecular weight is 260 g/mol. The monoisotopic (exact) mass is 260 g/mol. The lowest BCUT2D eigenvalue weighted by atomic mass is 10.1. The first-order valence-corrected chi connectivity index (χ1v) is 5.72. The lowest BCUT2D eigenvalue weighted by Gasteiger charge is -2.08. The highest BCUT2D eigenvalue weighted by Gasteiger charge is 2.12. The number of benzene rings is 1. The SMILES string of the molecule is FC(F)Oc1cc(-c2ccccc2)nc2[nH]ccc12. The highest BCUT2D eigenvalue weighted by Crippen LogP contribution is 2.30. The molecule has 0 fully saturated rings. The third-order valence-corrected chi connectivity index (χ3v) is 2.78. The largest absolute Gasteiger partial charge is 0.434 e. The predicted octanol–water partition coefficient (Wildman–Crippen LogP) is 3.83. The maximum Gasteiger partial charge on any atom is 0.387 e. The molecule has 5 heteroatoms. The molecule has 0 aliphatic rings.